The lowest BCUT2D eigenvalue weighted by atomic mass is 9.92. The summed E-state index contributed by atoms with van der Waals surface area (Å²) in [7, 11) is 0. The van der Waals surface area contributed by atoms with Crippen LogP contribution in [-0.4, -0.2) is 36.6 Å². The van der Waals surface area contributed by atoms with Gasteiger partial charge in [0, 0.05) is 6.54 Å². The predicted octanol–water partition coefficient (Wildman–Crippen LogP) is 4.19. The first-order valence-electron chi connectivity index (χ1n) is 10.0. The molecule has 2 aromatic rings. The monoisotopic (exact) mass is 408 g/mol. The third-order valence-electron chi connectivity index (χ3n) is 5.01. The third-order valence-corrected chi connectivity index (χ3v) is 5.01. The van der Waals surface area contributed by atoms with E-state index in [0.29, 0.717) is 37.5 Å². The van der Waals surface area contributed by atoms with Crippen molar-refractivity contribution in [3.63, 3.8) is 0 Å². The van der Waals surface area contributed by atoms with Crippen LogP contribution in [0, 0.1) is 6.92 Å². The van der Waals surface area contributed by atoms with Gasteiger partial charge in [-0.2, -0.15) is 0 Å². The molecule has 0 saturated carbocycles. The summed E-state index contributed by atoms with van der Waals surface area (Å²) < 4.78 is 11.3. The number of nitrogens with zero attached hydrogens (tertiary/aromatic N) is 1. The Morgan fingerprint density at radius 3 is 2.27 bits per heavy atom. The second-order valence-electron chi connectivity index (χ2n) is 7.80. The molecule has 1 fully saturated rings. The Labute approximate surface area is 177 Å². The van der Waals surface area contributed by atoms with E-state index in [1.54, 1.807) is 31.2 Å². The molecule has 0 radical (unpaired) electrons. The van der Waals surface area contributed by atoms with Crippen LogP contribution in [0.4, 0.5) is 4.79 Å². The molecule has 0 spiro atoms. The summed E-state index contributed by atoms with van der Waals surface area (Å²) in [4.78, 5) is 26.7. The Morgan fingerprint density at radius 2 is 1.63 bits per heavy atom. The van der Waals surface area contributed by atoms with Gasteiger partial charge in [-0.1, -0.05) is 36.4 Å². The molecular weight excluding hydrogens is 380 g/mol. The molecule has 2 aromatic carbocycles. The van der Waals surface area contributed by atoms with E-state index in [2.05, 4.69) is 11.9 Å². The molecule has 158 valence electrons. The fourth-order valence-corrected chi connectivity index (χ4v) is 3.23. The summed E-state index contributed by atoms with van der Waals surface area (Å²) >= 11 is 0. The number of hydrogen-bond acceptors (Lipinski definition) is 4. The average molecular weight is 408 g/mol. The molecule has 1 aliphatic rings. The van der Waals surface area contributed by atoms with Gasteiger partial charge in [0.1, 0.15) is 23.6 Å². The normalized spacial score (nSPS) is 18.3. The van der Waals surface area contributed by atoms with E-state index in [0.717, 1.165) is 16.9 Å². The third kappa shape index (κ3) is 4.82. The molecule has 1 N–H and O–H groups in total. The molecule has 1 saturated heterocycles. The summed E-state index contributed by atoms with van der Waals surface area (Å²) in [5, 5.41) is 2.82. The maximum atomic E-state index is 13.0. The Kier molecular flexibility index (Phi) is 6.45. The SMILES string of the molecule is C=C(C)COc1ccc(C2(C)NC(=O)N(CCCOc3ccc(C)cc3)C2=O)cc1. The van der Waals surface area contributed by atoms with Gasteiger partial charge in [0.15, 0.2) is 0 Å². The van der Waals surface area contributed by atoms with Crippen LogP contribution < -0.4 is 14.8 Å². The Bertz CT molecular complexity index is 921. The van der Waals surface area contributed by atoms with Crippen molar-refractivity contribution in [2.45, 2.75) is 32.7 Å². The van der Waals surface area contributed by atoms with E-state index in [1.165, 1.54) is 4.90 Å². The zero-order chi connectivity index (χ0) is 21.7. The van der Waals surface area contributed by atoms with Crippen molar-refractivity contribution in [1.29, 1.82) is 0 Å². The van der Waals surface area contributed by atoms with Gasteiger partial charge in [-0.25, -0.2) is 4.79 Å². The van der Waals surface area contributed by atoms with Crippen molar-refractivity contribution >= 4 is 11.9 Å². The zero-order valence-electron chi connectivity index (χ0n) is 17.7. The number of aryl methyl sites for hydroxylation is 1. The van der Waals surface area contributed by atoms with E-state index in [1.807, 2.05) is 38.1 Å². The molecule has 1 unspecified atom stereocenters. The van der Waals surface area contributed by atoms with Crippen LogP contribution in [0.2, 0.25) is 0 Å². The highest BCUT2D eigenvalue weighted by Gasteiger charge is 2.48. The highest BCUT2D eigenvalue weighted by Crippen LogP contribution is 2.30. The topological polar surface area (TPSA) is 67.9 Å². The van der Waals surface area contributed by atoms with Gasteiger partial charge in [0.05, 0.1) is 6.61 Å². The fraction of sp³-hybridized carbons (Fsp3) is 0.333. The molecule has 1 aliphatic heterocycles. The van der Waals surface area contributed by atoms with Gasteiger partial charge < -0.3 is 14.8 Å². The number of imide groups is 1. The summed E-state index contributed by atoms with van der Waals surface area (Å²) in [6.07, 6.45) is 0.552. The molecule has 3 amide bonds. The Balaban J connectivity index is 1.57. The summed E-state index contributed by atoms with van der Waals surface area (Å²) in [6, 6.07) is 14.6. The van der Waals surface area contributed by atoms with Crippen LogP contribution in [0.15, 0.2) is 60.7 Å². The van der Waals surface area contributed by atoms with Crippen molar-refractivity contribution in [2.24, 2.45) is 0 Å². The van der Waals surface area contributed by atoms with E-state index in [-0.39, 0.29) is 11.9 Å². The van der Waals surface area contributed by atoms with Crippen LogP contribution in [0.1, 0.15) is 31.4 Å². The first-order chi connectivity index (χ1) is 14.3. The van der Waals surface area contributed by atoms with Gasteiger partial charge in [-0.05, 0) is 62.6 Å². The standard InChI is InChI=1S/C24H28N2O4/c1-17(2)16-30-21-12-8-19(9-13-21)24(4)22(27)26(23(28)25-24)14-5-15-29-20-10-6-18(3)7-11-20/h6-13H,1,5,14-16H2,2-4H3,(H,25,28). The lowest BCUT2D eigenvalue weighted by Crippen LogP contribution is -2.41. The molecule has 3 rings (SSSR count). The highest BCUT2D eigenvalue weighted by molar-refractivity contribution is 6.07. The van der Waals surface area contributed by atoms with Gasteiger partial charge in [0.2, 0.25) is 0 Å². The van der Waals surface area contributed by atoms with Gasteiger partial charge in [0.25, 0.3) is 5.91 Å². The van der Waals surface area contributed by atoms with Crippen molar-refractivity contribution in [1.82, 2.24) is 10.2 Å². The smallest absolute Gasteiger partial charge is 0.325 e. The number of benzene rings is 2. The minimum absolute atomic E-state index is 0.265. The number of carbonyl (C=O) groups is 2. The van der Waals surface area contributed by atoms with Crippen LogP contribution in [0.3, 0.4) is 0 Å². The minimum atomic E-state index is -1.10. The minimum Gasteiger partial charge on any atom is -0.494 e. The molecule has 0 aromatic heterocycles. The lowest BCUT2D eigenvalue weighted by Gasteiger charge is -2.22. The number of nitrogens with one attached hydrogen (secondary N) is 1. The van der Waals surface area contributed by atoms with Crippen molar-refractivity contribution < 1.29 is 19.1 Å². The quantitative estimate of drug-likeness (QED) is 0.384. The fourth-order valence-electron chi connectivity index (χ4n) is 3.23. The predicted molar refractivity (Wildman–Crippen MR) is 116 cm³/mol. The largest absolute Gasteiger partial charge is 0.494 e. The molecule has 1 heterocycles. The number of ether oxygens (including phenoxy) is 2. The van der Waals surface area contributed by atoms with Crippen LogP contribution >= 0.6 is 0 Å². The molecule has 0 aliphatic carbocycles. The number of amides is 3. The maximum absolute atomic E-state index is 13.0. The second-order valence-corrected chi connectivity index (χ2v) is 7.80. The molecular formula is C24H28N2O4. The van der Waals surface area contributed by atoms with E-state index < -0.39 is 5.54 Å². The van der Waals surface area contributed by atoms with Crippen molar-refractivity contribution in [2.75, 3.05) is 19.8 Å². The van der Waals surface area contributed by atoms with Crippen molar-refractivity contribution in [3.8, 4) is 11.5 Å². The van der Waals surface area contributed by atoms with Gasteiger partial charge in [-0.15, -0.1) is 0 Å². The average Bonchev–Trinajstić information content (AvgIpc) is 2.95. The van der Waals surface area contributed by atoms with Gasteiger partial charge >= 0.3 is 6.03 Å². The summed E-state index contributed by atoms with van der Waals surface area (Å²) in [5.41, 5.74) is 1.70. The molecule has 6 heteroatoms. The molecule has 1 atom stereocenters. The molecule has 6 nitrogen and oxygen atoms in total. The lowest BCUT2D eigenvalue weighted by molar-refractivity contribution is -0.131. The first-order valence-corrected chi connectivity index (χ1v) is 10.0. The van der Waals surface area contributed by atoms with Crippen LogP contribution in [0.25, 0.3) is 0 Å². The molecule has 0 bridgehead atoms. The van der Waals surface area contributed by atoms with Gasteiger partial charge in [-0.3, -0.25) is 9.69 Å². The second kappa shape index (κ2) is 9.03. The number of hydrogen-bond donors (Lipinski definition) is 1. The van der Waals surface area contributed by atoms with Crippen LogP contribution in [0.5, 0.6) is 11.5 Å². The number of rotatable bonds is 9. The summed E-state index contributed by atoms with van der Waals surface area (Å²) in [6.45, 7) is 10.6. The van der Waals surface area contributed by atoms with E-state index >= 15 is 0 Å². The van der Waals surface area contributed by atoms with E-state index in [4.69, 9.17) is 9.47 Å². The number of urea groups is 1. The highest BCUT2D eigenvalue weighted by atomic mass is 16.5. The molecule has 30 heavy (non-hydrogen) atoms. The summed E-state index contributed by atoms with van der Waals surface area (Å²) in [5.74, 6) is 1.20. The van der Waals surface area contributed by atoms with E-state index in [9.17, 15) is 9.59 Å². The van der Waals surface area contributed by atoms with Crippen molar-refractivity contribution in [3.05, 3.63) is 71.8 Å². The number of carbonyl (C=O) groups excluding carboxylic acids is 2. The maximum Gasteiger partial charge on any atom is 0.325 e. The Hall–Kier alpha value is -3.28. The zero-order valence-corrected chi connectivity index (χ0v) is 17.7. The first kappa shape index (κ1) is 21.4. The Morgan fingerprint density at radius 1 is 1.03 bits per heavy atom. The van der Waals surface area contributed by atoms with Crippen LogP contribution in [-0.2, 0) is 10.3 Å².